The van der Waals surface area contributed by atoms with Crippen LogP contribution in [0.5, 0.6) is 5.75 Å². The fourth-order valence-corrected chi connectivity index (χ4v) is 6.63. The fraction of sp³-hybridized carbons (Fsp3) is 0.417. The van der Waals surface area contributed by atoms with Gasteiger partial charge >= 0.3 is 12.2 Å². The number of aromatic hydroxyl groups is 1. The first-order valence-corrected chi connectivity index (χ1v) is 12.0. The van der Waals surface area contributed by atoms with Crippen LogP contribution in [0.4, 0.5) is 9.59 Å². The predicted molar refractivity (Wildman–Crippen MR) is 122 cm³/mol. The first-order chi connectivity index (χ1) is 17.1. The van der Waals surface area contributed by atoms with Crippen molar-refractivity contribution in [3.05, 3.63) is 39.9 Å². The zero-order valence-electron chi connectivity index (χ0n) is 19.2. The largest absolute Gasteiger partial charge is 0.508 e. The number of carbonyl (C=O) groups is 6. The zero-order valence-corrected chi connectivity index (χ0v) is 20.8. The van der Waals surface area contributed by atoms with Gasteiger partial charge in [-0.1, -0.05) is 27.6 Å². The number of hydrogen-bond donors (Lipinski definition) is 1. The number of methoxy groups -OCH3 is 2. The van der Waals surface area contributed by atoms with E-state index in [1.165, 1.54) is 6.07 Å². The molecule has 36 heavy (non-hydrogen) atoms. The van der Waals surface area contributed by atoms with E-state index in [9.17, 15) is 33.9 Å². The number of benzene rings is 1. The van der Waals surface area contributed by atoms with Crippen LogP contribution in [0.3, 0.4) is 0 Å². The summed E-state index contributed by atoms with van der Waals surface area (Å²) in [6, 6.07) is 4.66. The van der Waals surface area contributed by atoms with Crippen molar-refractivity contribution in [3.63, 3.8) is 0 Å². The Bertz CT molecular complexity index is 1270. The molecule has 0 radical (unpaired) electrons. The predicted octanol–water partition coefficient (Wildman–Crippen LogP) is 2.32. The Morgan fingerprint density at radius 3 is 2.08 bits per heavy atom. The lowest BCUT2D eigenvalue weighted by atomic mass is 9.57. The van der Waals surface area contributed by atoms with Crippen molar-refractivity contribution in [2.75, 3.05) is 14.2 Å². The highest BCUT2D eigenvalue weighted by Crippen LogP contribution is 2.59. The third kappa shape index (κ3) is 3.23. The second-order valence-electron chi connectivity index (χ2n) is 9.19. The Balaban J connectivity index is 1.66. The minimum atomic E-state index is -1.12. The average molecular weight is 561 g/mol. The van der Waals surface area contributed by atoms with E-state index in [0.29, 0.717) is 25.4 Å². The number of fused-ring (bicyclic) bond motifs is 4. The molecule has 4 aliphatic rings. The molecule has 6 atom stereocenters. The summed E-state index contributed by atoms with van der Waals surface area (Å²) in [6.07, 6.45) is -0.317. The van der Waals surface area contributed by atoms with Gasteiger partial charge in [0.15, 0.2) is 0 Å². The minimum Gasteiger partial charge on any atom is -0.508 e. The molecule has 6 amide bonds. The van der Waals surface area contributed by atoms with Gasteiger partial charge in [0.2, 0.25) is 23.6 Å². The van der Waals surface area contributed by atoms with Crippen molar-refractivity contribution in [1.29, 1.82) is 0 Å². The van der Waals surface area contributed by atoms with Crippen molar-refractivity contribution < 1.29 is 43.3 Å². The molecule has 0 unspecified atom stereocenters. The molecule has 2 aliphatic carbocycles. The van der Waals surface area contributed by atoms with Crippen LogP contribution < -0.4 is 0 Å². The topological polar surface area (TPSA) is 148 Å². The molecule has 12 heteroatoms. The molecule has 11 nitrogen and oxygen atoms in total. The Kier molecular flexibility index (Phi) is 5.73. The van der Waals surface area contributed by atoms with Crippen LogP contribution in [0.1, 0.15) is 24.3 Å². The van der Waals surface area contributed by atoms with Crippen LogP contribution in [0.25, 0.3) is 0 Å². The summed E-state index contributed by atoms with van der Waals surface area (Å²) in [4.78, 5) is 78.4. The molecule has 0 aromatic heterocycles. The van der Waals surface area contributed by atoms with E-state index in [-0.39, 0.29) is 18.6 Å². The van der Waals surface area contributed by atoms with Gasteiger partial charge in [0, 0.05) is 16.0 Å². The molecule has 1 aromatic carbocycles. The summed E-state index contributed by atoms with van der Waals surface area (Å²) in [5.74, 6) is -8.42. The van der Waals surface area contributed by atoms with Gasteiger partial charge in [-0.15, -0.1) is 0 Å². The van der Waals surface area contributed by atoms with Crippen molar-refractivity contribution in [2.24, 2.45) is 29.6 Å². The zero-order chi connectivity index (χ0) is 26.0. The molecule has 3 fully saturated rings. The highest BCUT2D eigenvalue weighted by Gasteiger charge is 2.64. The number of phenolic OH excluding ortho intramolecular Hbond substituents is 1. The number of hydrogen-bond acceptors (Lipinski definition) is 9. The smallest absolute Gasteiger partial charge is 0.423 e. The number of nitrogens with zero attached hydrogens (tertiary/aromatic N) is 2. The number of likely N-dealkylation sites (tertiary alicyclic amines) is 2. The number of rotatable bonds is 1. The van der Waals surface area contributed by atoms with Crippen LogP contribution in [0.2, 0.25) is 0 Å². The molecule has 2 aliphatic heterocycles. The molecule has 1 saturated carbocycles. The first-order valence-electron chi connectivity index (χ1n) is 11.2. The Morgan fingerprint density at radius 1 is 0.889 bits per heavy atom. The first kappa shape index (κ1) is 24.2. The summed E-state index contributed by atoms with van der Waals surface area (Å²) < 4.78 is 9.88. The average Bonchev–Trinajstić information content (AvgIpc) is 3.27. The molecule has 2 saturated heterocycles. The van der Waals surface area contributed by atoms with E-state index < -0.39 is 71.3 Å². The molecule has 1 N–H and O–H groups in total. The number of carbonyl (C=O) groups excluding carboxylic acids is 6. The van der Waals surface area contributed by atoms with Crippen LogP contribution in [0.15, 0.2) is 34.3 Å². The highest BCUT2D eigenvalue weighted by atomic mass is 79.9. The number of allylic oxidation sites excluding steroid dienone is 2. The van der Waals surface area contributed by atoms with E-state index in [1.807, 2.05) is 0 Å². The molecule has 1 aromatic rings. The van der Waals surface area contributed by atoms with Crippen molar-refractivity contribution in [3.8, 4) is 5.75 Å². The number of imide groups is 6. The van der Waals surface area contributed by atoms with E-state index >= 15 is 0 Å². The van der Waals surface area contributed by atoms with Crippen molar-refractivity contribution >= 4 is 51.7 Å². The number of phenols is 1. The molecule has 0 spiro atoms. The van der Waals surface area contributed by atoms with Gasteiger partial charge in [-0.05, 0) is 37.0 Å². The lowest BCUT2D eigenvalue weighted by molar-refractivity contribution is -0.139. The maximum atomic E-state index is 13.4. The molecule has 2 heterocycles. The maximum Gasteiger partial charge on any atom is 0.423 e. The van der Waals surface area contributed by atoms with Gasteiger partial charge in [0.05, 0.1) is 37.9 Å². The molecular formula is C24H21BrN2O9. The monoisotopic (exact) mass is 560 g/mol. The molecule has 5 rings (SSSR count). The minimum absolute atomic E-state index is 0.00896. The van der Waals surface area contributed by atoms with E-state index in [1.54, 1.807) is 18.2 Å². The van der Waals surface area contributed by atoms with E-state index in [4.69, 9.17) is 0 Å². The number of amides is 6. The summed E-state index contributed by atoms with van der Waals surface area (Å²) in [5.41, 5.74) is 0.940. The van der Waals surface area contributed by atoms with E-state index in [2.05, 4.69) is 25.4 Å². The second-order valence-corrected chi connectivity index (χ2v) is 10.1. The quantitative estimate of drug-likeness (QED) is 0.403. The van der Waals surface area contributed by atoms with Gasteiger partial charge in [-0.2, -0.15) is 9.80 Å². The van der Waals surface area contributed by atoms with Crippen molar-refractivity contribution in [2.45, 2.75) is 18.8 Å². The maximum absolute atomic E-state index is 13.4. The van der Waals surface area contributed by atoms with Gasteiger partial charge in [-0.25, -0.2) is 9.59 Å². The van der Waals surface area contributed by atoms with E-state index in [0.717, 1.165) is 14.2 Å². The van der Waals surface area contributed by atoms with Gasteiger partial charge in [0.25, 0.3) is 0 Å². The SMILES string of the molecule is COC(=O)N1C(=O)[C@H]2[C@H](CC=C3[C@H]2C[C@H]2C(=O)N(C(=O)OC)C(=O)[C@H]2[C@H]3c2cc(Br)ccc2O)C1=O. The number of ether oxygens (including phenoxy) is 2. The molecule has 188 valence electrons. The highest BCUT2D eigenvalue weighted by molar-refractivity contribution is 9.10. The lowest BCUT2D eigenvalue weighted by Gasteiger charge is -2.44. The lowest BCUT2D eigenvalue weighted by Crippen LogP contribution is -2.43. The van der Waals surface area contributed by atoms with Crippen LogP contribution in [-0.2, 0) is 28.7 Å². The van der Waals surface area contributed by atoms with Crippen LogP contribution >= 0.6 is 15.9 Å². The Labute approximate surface area is 213 Å². The van der Waals surface area contributed by atoms with Gasteiger partial charge in [0.1, 0.15) is 5.75 Å². The summed E-state index contributed by atoms with van der Waals surface area (Å²) in [6.45, 7) is 0. The number of halogens is 1. The van der Waals surface area contributed by atoms with Crippen LogP contribution in [0, 0.1) is 29.6 Å². The standard InChI is InChI=1S/C24H21BrN2O9/c1-35-23(33)26-19(29)11-5-4-10-12(17(11)21(26)31)8-14-18(22(32)27(20(14)30)24(34)36-2)16(10)13-7-9(25)3-6-15(13)28/h3-4,6-7,11-12,14,16-18,28H,5,8H2,1-2H3/t11-,12+,14+,16+,17-,18+/m0/s1. The van der Waals surface area contributed by atoms with Crippen LogP contribution in [-0.4, -0.2) is 64.9 Å². The Morgan fingerprint density at radius 2 is 1.47 bits per heavy atom. The van der Waals surface area contributed by atoms with Gasteiger partial charge < -0.3 is 14.6 Å². The third-order valence-corrected chi connectivity index (χ3v) is 8.18. The molecule has 0 bridgehead atoms. The fourth-order valence-electron chi connectivity index (χ4n) is 6.25. The summed E-state index contributed by atoms with van der Waals surface area (Å²) >= 11 is 3.37. The van der Waals surface area contributed by atoms with Crippen molar-refractivity contribution in [1.82, 2.24) is 9.80 Å². The molecular weight excluding hydrogens is 540 g/mol. The van der Waals surface area contributed by atoms with Gasteiger partial charge in [-0.3, -0.25) is 19.2 Å². The summed E-state index contributed by atoms with van der Waals surface area (Å²) in [5, 5.41) is 10.8. The second kappa shape index (κ2) is 8.54. The Hall–Kier alpha value is -3.54. The third-order valence-electron chi connectivity index (χ3n) is 7.69. The summed E-state index contributed by atoms with van der Waals surface area (Å²) in [7, 11) is 2.12. The normalized spacial score (nSPS) is 31.0.